The minimum Gasteiger partial charge on any atom is -0.488 e. The number of aromatic amines is 1. The van der Waals surface area contributed by atoms with Gasteiger partial charge in [0.25, 0.3) is 0 Å². The van der Waals surface area contributed by atoms with E-state index in [1.54, 1.807) is 0 Å². The minimum atomic E-state index is -0.0169. The molecule has 4 nitrogen and oxygen atoms in total. The fourth-order valence-corrected chi connectivity index (χ4v) is 1.96. The highest BCUT2D eigenvalue weighted by atomic mass is 16.5. The second kappa shape index (κ2) is 3.20. The first kappa shape index (κ1) is 9.15. The van der Waals surface area contributed by atoms with Gasteiger partial charge in [-0.15, -0.1) is 0 Å². The van der Waals surface area contributed by atoms with E-state index >= 15 is 0 Å². The number of para-hydroxylation sites is 1. The highest BCUT2D eigenvalue weighted by molar-refractivity contribution is 5.95. The van der Waals surface area contributed by atoms with Crippen molar-refractivity contribution in [3.8, 4) is 17.0 Å². The first-order valence-electron chi connectivity index (χ1n) is 5.08. The maximum absolute atomic E-state index is 11.4. The van der Waals surface area contributed by atoms with Gasteiger partial charge in [0.1, 0.15) is 23.7 Å². The van der Waals surface area contributed by atoms with Crippen LogP contribution in [0.25, 0.3) is 11.3 Å². The van der Waals surface area contributed by atoms with Crippen molar-refractivity contribution < 1.29 is 9.53 Å². The highest BCUT2D eigenvalue weighted by Crippen LogP contribution is 2.36. The van der Waals surface area contributed by atoms with Crippen LogP contribution in [0.15, 0.2) is 24.3 Å². The summed E-state index contributed by atoms with van der Waals surface area (Å²) in [5.41, 5.74) is 3.16. The van der Waals surface area contributed by atoms with Crippen molar-refractivity contribution in [3.05, 3.63) is 35.5 Å². The number of nitrogens with zero attached hydrogens (tertiary/aromatic N) is 1. The third kappa shape index (κ3) is 1.16. The number of hydrogen-bond acceptors (Lipinski definition) is 3. The van der Waals surface area contributed by atoms with E-state index in [1.807, 2.05) is 24.3 Å². The molecule has 1 N–H and O–H groups in total. The van der Waals surface area contributed by atoms with Crippen LogP contribution in [-0.2, 0) is 6.61 Å². The Morgan fingerprint density at radius 3 is 3.06 bits per heavy atom. The van der Waals surface area contributed by atoms with Crippen LogP contribution in [0, 0.1) is 0 Å². The third-order valence-corrected chi connectivity index (χ3v) is 2.73. The summed E-state index contributed by atoms with van der Waals surface area (Å²) in [6, 6.07) is 7.69. The zero-order valence-corrected chi connectivity index (χ0v) is 8.78. The molecule has 0 bridgehead atoms. The van der Waals surface area contributed by atoms with Crippen LogP contribution in [0.3, 0.4) is 0 Å². The molecule has 0 saturated carbocycles. The Kier molecular flexibility index (Phi) is 1.83. The Labute approximate surface area is 92.2 Å². The zero-order chi connectivity index (χ0) is 11.1. The summed E-state index contributed by atoms with van der Waals surface area (Å²) in [6.07, 6.45) is 0. The van der Waals surface area contributed by atoms with Gasteiger partial charge in [-0.2, -0.15) is 5.10 Å². The normalized spacial score (nSPS) is 12.6. The van der Waals surface area contributed by atoms with E-state index in [1.165, 1.54) is 6.92 Å². The Balaban J connectivity index is 2.23. The number of fused-ring (bicyclic) bond motifs is 3. The molecular formula is C12H10N2O2. The number of ether oxygens (including phenoxy) is 1. The summed E-state index contributed by atoms with van der Waals surface area (Å²) in [5, 5.41) is 6.97. The molecule has 0 amide bonds. The van der Waals surface area contributed by atoms with Crippen LogP contribution in [0.2, 0.25) is 0 Å². The molecule has 1 aromatic carbocycles. The lowest BCUT2D eigenvalue weighted by molar-refractivity contribution is 0.101. The predicted molar refractivity (Wildman–Crippen MR) is 58.4 cm³/mol. The monoisotopic (exact) mass is 214 g/mol. The SMILES string of the molecule is CC(=O)c1[nH]nc2c1COc1ccccc1-2. The van der Waals surface area contributed by atoms with Gasteiger partial charge in [0.15, 0.2) is 5.78 Å². The van der Waals surface area contributed by atoms with Crippen molar-refractivity contribution in [1.29, 1.82) is 0 Å². The van der Waals surface area contributed by atoms with Gasteiger partial charge in [0.05, 0.1) is 0 Å². The molecule has 0 aliphatic carbocycles. The summed E-state index contributed by atoms with van der Waals surface area (Å²) in [7, 11) is 0. The summed E-state index contributed by atoms with van der Waals surface area (Å²) in [4.78, 5) is 11.4. The lowest BCUT2D eigenvalue weighted by Crippen LogP contribution is -2.07. The van der Waals surface area contributed by atoms with Crippen molar-refractivity contribution in [1.82, 2.24) is 10.2 Å². The van der Waals surface area contributed by atoms with E-state index in [-0.39, 0.29) is 5.78 Å². The average Bonchev–Trinajstić information content (AvgIpc) is 2.73. The molecule has 0 spiro atoms. The summed E-state index contributed by atoms with van der Waals surface area (Å²) in [6.45, 7) is 1.92. The average molecular weight is 214 g/mol. The second-order valence-electron chi connectivity index (χ2n) is 3.77. The molecular weight excluding hydrogens is 204 g/mol. The third-order valence-electron chi connectivity index (χ3n) is 2.73. The lowest BCUT2D eigenvalue weighted by atomic mass is 10.0. The van der Waals surface area contributed by atoms with E-state index in [4.69, 9.17) is 4.74 Å². The molecule has 0 atom stereocenters. The maximum Gasteiger partial charge on any atom is 0.177 e. The highest BCUT2D eigenvalue weighted by Gasteiger charge is 2.24. The van der Waals surface area contributed by atoms with Gasteiger partial charge in [0.2, 0.25) is 0 Å². The number of carbonyl (C=O) groups is 1. The number of ketones is 1. The second-order valence-corrected chi connectivity index (χ2v) is 3.77. The van der Waals surface area contributed by atoms with Crippen LogP contribution in [-0.4, -0.2) is 16.0 Å². The number of nitrogens with one attached hydrogen (secondary N) is 1. The smallest absolute Gasteiger partial charge is 0.177 e. The molecule has 2 aromatic rings. The van der Waals surface area contributed by atoms with Gasteiger partial charge in [0, 0.05) is 18.1 Å². The molecule has 1 aromatic heterocycles. The van der Waals surface area contributed by atoms with Gasteiger partial charge in [-0.1, -0.05) is 12.1 Å². The molecule has 1 aliphatic heterocycles. The molecule has 0 unspecified atom stereocenters. The van der Waals surface area contributed by atoms with Gasteiger partial charge < -0.3 is 4.74 Å². The largest absolute Gasteiger partial charge is 0.488 e. The Morgan fingerprint density at radius 1 is 1.44 bits per heavy atom. The van der Waals surface area contributed by atoms with E-state index < -0.39 is 0 Å². The lowest BCUT2D eigenvalue weighted by Gasteiger charge is -2.16. The number of hydrogen-bond donors (Lipinski definition) is 1. The summed E-state index contributed by atoms with van der Waals surface area (Å²) < 4.78 is 5.59. The van der Waals surface area contributed by atoms with E-state index in [2.05, 4.69) is 10.2 Å². The molecule has 4 heteroatoms. The molecule has 0 fully saturated rings. The van der Waals surface area contributed by atoms with E-state index in [0.717, 1.165) is 22.6 Å². The molecule has 1 aliphatic rings. The van der Waals surface area contributed by atoms with Crippen molar-refractivity contribution in [2.24, 2.45) is 0 Å². The first-order chi connectivity index (χ1) is 7.77. The van der Waals surface area contributed by atoms with Crippen molar-refractivity contribution in [2.45, 2.75) is 13.5 Å². The van der Waals surface area contributed by atoms with E-state index in [9.17, 15) is 4.79 Å². The molecule has 3 rings (SSSR count). The van der Waals surface area contributed by atoms with Gasteiger partial charge in [-0.05, 0) is 12.1 Å². The first-order valence-corrected chi connectivity index (χ1v) is 5.08. The topological polar surface area (TPSA) is 55.0 Å². The predicted octanol–water partition coefficient (Wildman–Crippen LogP) is 2.17. The maximum atomic E-state index is 11.4. The van der Waals surface area contributed by atoms with Crippen LogP contribution >= 0.6 is 0 Å². The molecule has 0 saturated heterocycles. The molecule has 2 heterocycles. The number of carbonyl (C=O) groups excluding carboxylic acids is 1. The van der Waals surface area contributed by atoms with Gasteiger partial charge in [-0.25, -0.2) is 0 Å². The molecule has 16 heavy (non-hydrogen) atoms. The van der Waals surface area contributed by atoms with E-state index in [0.29, 0.717) is 12.3 Å². The quantitative estimate of drug-likeness (QED) is 0.740. The molecule has 0 radical (unpaired) electrons. The fraction of sp³-hybridized carbons (Fsp3) is 0.167. The van der Waals surface area contributed by atoms with Crippen LogP contribution < -0.4 is 4.74 Å². The van der Waals surface area contributed by atoms with Crippen LogP contribution in [0.5, 0.6) is 5.75 Å². The number of benzene rings is 1. The summed E-state index contributed by atoms with van der Waals surface area (Å²) in [5.74, 6) is 0.799. The summed E-state index contributed by atoms with van der Waals surface area (Å²) >= 11 is 0. The van der Waals surface area contributed by atoms with Gasteiger partial charge >= 0.3 is 0 Å². The number of H-pyrrole nitrogens is 1. The van der Waals surface area contributed by atoms with Crippen molar-refractivity contribution in [2.75, 3.05) is 0 Å². The van der Waals surface area contributed by atoms with Crippen LogP contribution in [0.1, 0.15) is 23.0 Å². The standard InChI is InChI=1S/C12H10N2O2/c1-7(15)11-9-6-16-10-5-3-2-4-8(10)12(9)14-13-11/h2-5H,6H2,1H3,(H,13,14). The molecule has 80 valence electrons. The Bertz CT molecular complexity index is 572. The Hall–Kier alpha value is -2.10. The van der Waals surface area contributed by atoms with Crippen LogP contribution in [0.4, 0.5) is 0 Å². The number of Topliss-reactive ketones (excluding diaryl/α,β-unsaturated/α-hetero) is 1. The zero-order valence-electron chi connectivity index (χ0n) is 8.78. The Morgan fingerprint density at radius 2 is 2.25 bits per heavy atom. The number of rotatable bonds is 1. The fourth-order valence-electron chi connectivity index (χ4n) is 1.96. The van der Waals surface area contributed by atoms with Crippen molar-refractivity contribution >= 4 is 5.78 Å². The minimum absolute atomic E-state index is 0.0169. The van der Waals surface area contributed by atoms with Gasteiger partial charge in [-0.3, -0.25) is 9.89 Å². The van der Waals surface area contributed by atoms with Crippen molar-refractivity contribution in [3.63, 3.8) is 0 Å². The number of aromatic nitrogens is 2.